The molecule has 0 amide bonds. The maximum atomic E-state index is 10.6. The molecule has 0 spiro atoms. The number of benzene rings is 1. The number of ether oxygens (including phenoxy) is 3. The summed E-state index contributed by atoms with van der Waals surface area (Å²) < 4.78 is 18.9. The highest BCUT2D eigenvalue weighted by molar-refractivity contribution is 5.79. The van der Waals surface area contributed by atoms with E-state index in [2.05, 4.69) is 21.4 Å². The molecule has 2 N–H and O–H groups in total. The Bertz CT molecular complexity index is 1110. The molecule has 0 radical (unpaired) electrons. The molecule has 0 saturated carbocycles. The number of imidazole rings is 1. The lowest BCUT2D eigenvalue weighted by atomic mass is 10.2. The van der Waals surface area contributed by atoms with Gasteiger partial charge in [-0.1, -0.05) is 12.1 Å². The van der Waals surface area contributed by atoms with E-state index in [0.717, 1.165) is 5.56 Å². The zero-order valence-electron chi connectivity index (χ0n) is 18.2. The lowest BCUT2D eigenvalue weighted by Gasteiger charge is -2.21. The summed E-state index contributed by atoms with van der Waals surface area (Å²) in [4.78, 5) is 13.4. The third-order valence-corrected chi connectivity index (χ3v) is 5.22. The predicted molar refractivity (Wildman–Crippen MR) is 116 cm³/mol. The van der Waals surface area contributed by atoms with E-state index in [9.17, 15) is 5.11 Å². The predicted octanol–water partition coefficient (Wildman–Crippen LogP) is 2.39. The van der Waals surface area contributed by atoms with Gasteiger partial charge in [0.1, 0.15) is 19.0 Å². The highest BCUT2D eigenvalue weighted by atomic mass is 16.5. The maximum absolute atomic E-state index is 10.6. The molecule has 2 aromatic heterocycles. The Morgan fingerprint density at radius 2 is 2.12 bits per heavy atom. The summed E-state index contributed by atoms with van der Waals surface area (Å²) in [5.41, 5.74) is 2.44. The van der Waals surface area contributed by atoms with Crippen LogP contribution in [-0.2, 0) is 16.1 Å². The largest absolute Gasteiger partial charge is 0.471 e. The van der Waals surface area contributed by atoms with Gasteiger partial charge in [-0.05, 0) is 31.5 Å². The number of rotatable bonds is 8. The van der Waals surface area contributed by atoms with E-state index in [1.54, 1.807) is 23.8 Å². The Balaban J connectivity index is 1.68. The minimum Gasteiger partial charge on any atom is -0.471 e. The molecule has 1 saturated heterocycles. The third-order valence-electron chi connectivity index (χ3n) is 5.22. The van der Waals surface area contributed by atoms with Gasteiger partial charge in [0.15, 0.2) is 17.4 Å². The summed E-state index contributed by atoms with van der Waals surface area (Å²) >= 11 is 0. The van der Waals surface area contributed by atoms with Gasteiger partial charge in [0.05, 0.1) is 24.3 Å². The molecule has 10 nitrogen and oxygen atoms in total. The Morgan fingerprint density at radius 3 is 2.78 bits per heavy atom. The fourth-order valence-electron chi connectivity index (χ4n) is 3.75. The van der Waals surface area contributed by atoms with Gasteiger partial charge in [0.2, 0.25) is 11.8 Å². The third kappa shape index (κ3) is 4.50. The lowest BCUT2D eigenvalue weighted by Crippen LogP contribution is -2.27. The van der Waals surface area contributed by atoms with Crippen molar-refractivity contribution in [3.63, 3.8) is 0 Å². The number of aliphatic hydroxyl groups excluding tert-OH is 1. The van der Waals surface area contributed by atoms with Crippen LogP contribution in [0, 0.1) is 11.3 Å². The van der Waals surface area contributed by atoms with Crippen molar-refractivity contribution in [1.29, 1.82) is 5.26 Å². The molecule has 1 fully saturated rings. The first-order valence-corrected chi connectivity index (χ1v) is 10.4. The number of fused-ring (bicyclic) bond motifs is 1. The van der Waals surface area contributed by atoms with Crippen molar-refractivity contribution in [3.05, 3.63) is 41.7 Å². The monoisotopic (exact) mass is 438 g/mol. The minimum absolute atomic E-state index is 0.0393. The van der Waals surface area contributed by atoms with Crippen molar-refractivity contribution in [2.75, 3.05) is 19.0 Å². The van der Waals surface area contributed by atoms with Crippen LogP contribution < -0.4 is 10.1 Å². The number of aromatic nitrogens is 4. The van der Waals surface area contributed by atoms with E-state index in [1.807, 2.05) is 26.0 Å². The molecule has 3 aromatic rings. The van der Waals surface area contributed by atoms with E-state index in [4.69, 9.17) is 24.5 Å². The molecule has 3 heterocycles. The first kappa shape index (κ1) is 22.0. The normalized spacial score (nSPS) is 21.4. The molecule has 4 atom stereocenters. The number of anilines is 1. The van der Waals surface area contributed by atoms with Crippen LogP contribution in [0.5, 0.6) is 5.88 Å². The van der Waals surface area contributed by atoms with Gasteiger partial charge < -0.3 is 24.6 Å². The topological polar surface area (TPSA) is 127 Å². The summed E-state index contributed by atoms with van der Waals surface area (Å²) in [5, 5.41) is 22.9. The van der Waals surface area contributed by atoms with E-state index in [-0.39, 0.29) is 18.8 Å². The average molecular weight is 438 g/mol. The molecule has 168 valence electrons. The summed E-state index contributed by atoms with van der Waals surface area (Å²) in [5.74, 6) is 0.813. The van der Waals surface area contributed by atoms with Crippen LogP contribution in [0.4, 0.5) is 5.95 Å². The molecule has 0 bridgehead atoms. The van der Waals surface area contributed by atoms with Gasteiger partial charge in [-0.25, -0.2) is 9.97 Å². The number of aliphatic hydroxyl groups is 1. The van der Waals surface area contributed by atoms with E-state index >= 15 is 0 Å². The van der Waals surface area contributed by atoms with Crippen LogP contribution in [0.2, 0.25) is 0 Å². The Hall–Kier alpha value is -3.26. The average Bonchev–Trinajstić information content (AvgIpc) is 3.30. The Labute approximate surface area is 185 Å². The zero-order valence-corrected chi connectivity index (χ0v) is 18.2. The highest BCUT2D eigenvalue weighted by Crippen LogP contribution is 2.35. The van der Waals surface area contributed by atoms with Gasteiger partial charge in [0, 0.05) is 19.6 Å². The minimum atomic E-state index is -0.696. The van der Waals surface area contributed by atoms with E-state index in [0.29, 0.717) is 41.6 Å². The molecular formula is C22H26N6O4. The van der Waals surface area contributed by atoms with Crippen LogP contribution in [0.1, 0.15) is 37.6 Å². The van der Waals surface area contributed by atoms with Crippen LogP contribution in [0.25, 0.3) is 11.2 Å². The Kier molecular flexibility index (Phi) is 6.50. The van der Waals surface area contributed by atoms with Crippen molar-refractivity contribution in [3.8, 4) is 11.9 Å². The highest BCUT2D eigenvalue weighted by Gasteiger charge is 2.36. The van der Waals surface area contributed by atoms with Crippen molar-refractivity contribution in [2.45, 2.75) is 51.4 Å². The van der Waals surface area contributed by atoms with Gasteiger partial charge in [0.25, 0.3) is 0 Å². The first-order valence-electron chi connectivity index (χ1n) is 10.4. The molecule has 4 rings (SSSR count). The van der Waals surface area contributed by atoms with E-state index in [1.165, 1.54) is 6.33 Å². The van der Waals surface area contributed by atoms with Crippen molar-refractivity contribution in [1.82, 2.24) is 19.5 Å². The van der Waals surface area contributed by atoms with E-state index < -0.39 is 12.3 Å². The molecule has 0 aliphatic carbocycles. The van der Waals surface area contributed by atoms with Gasteiger partial charge in [-0.2, -0.15) is 10.2 Å². The quantitative estimate of drug-likeness (QED) is 0.545. The molecule has 1 aromatic carbocycles. The van der Waals surface area contributed by atoms with Crippen molar-refractivity contribution in [2.24, 2.45) is 0 Å². The first-order chi connectivity index (χ1) is 15.5. The molecule has 10 heteroatoms. The van der Waals surface area contributed by atoms with Crippen LogP contribution >= 0.6 is 0 Å². The summed E-state index contributed by atoms with van der Waals surface area (Å²) in [7, 11) is 1.63. The molecular weight excluding hydrogens is 412 g/mol. The fraction of sp³-hybridized carbons (Fsp3) is 0.455. The summed E-state index contributed by atoms with van der Waals surface area (Å²) in [6.45, 7) is 4.62. The van der Waals surface area contributed by atoms with Crippen LogP contribution in [0.3, 0.4) is 0 Å². The second kappa shape index (κ2) is 9.48. The number of nitrogens with zero attached hydrogens (tertiary/aromatic N) is 5. The van der Waals surface area contributed by atoms with Gasteiger partial charge >= 0.3 is 0 Å². The molecule has 32 heavy (non-hydrogen) atoms. The number of hydrogen-bond acceptors (Lipinski definition) is 9. The second-order valence-electron chi connectivity index (χ2n) is 7.89. The fourth-order valence-corrected chi connectivity index (χ4v) is 3.75. The lowest BCUT2D eigenvalue weighted by molar-refractivity contribution is -0.0286. The Morgan fingerprint density at radius 1 is 1.34 bits per heavy atom. The zero-order chi connectivity index (χ0) is 22.7. The molecule has 1 aliphatic rings. The number of methoxy groups -OCH3 is 1. The number of hydrogen-bond donors (Lipinski definition) is 2. The molecule has 1 aliphatic heterocycles. The van der Waals surface area contributed by atoms with Gasteiger partial charge in [-0.15, -0.1) is 0 Å². The van der Waals surface area contributed by atoms with Crippen molar-refractivity contribution < 1.29 is 19.3 Å². The number of nitrogens with one attached hydrogen (secondary N) is 1. The summed E-state index contributed by atoms with van der Waals surface area (Å²) in [6.07, 6.45) is 0.504. The molecule has 0 unspecified atom stereocenters. The van der Waals surface area contributed by atoms with Crippen LogP contribution in [-0.4, -0.2) is 56.6 Å². The SMILES string of the molecule is COC[C@H](C)Nc1nc2c(OCc3ccc(C#N)cc3)ncnc2n1[C@@H]1O[C@H](C)C[C@H]1O. The summed E-state index contributed by atoms with van der Waals surface area (Å²) in [6, 6.07) is 9.20. The van der Waals surface area contributed by atoms with Crippen molar-refractivity contribution >= 4 is 17.1 Å². The maximum Gasteiger partial charge on any atom is 0.245 e. The standard InChI is InChI=1S/C22H26N6O4/c1-13(10-30-3)26-22-27-18-19(28(22)21-17(29)8-14(2)32-21)24-12-25-20(18)31-11-16-6-4-15(9-23)5-7-16/h4-7,12-14,17,21,29H,8,10-11H2,1-3H3,(H,26,27)/t13-,14+,17+,21+/m0/s1. The van der Waals surface area contributed by atoms with Gasteiger partial charge in [-0.3, -0.25) is 4.57 Å². The van der Waals surface area contributed by atoms with Crippen LogP contribution in [0.15, 0.2) is 30.6 Å². The smallest absolute Gasteiger partial charge is 0.245 e. The second-order valence-corrected chi connectivity index (χ2v) is 7.89. The number of nitriles is 1.